The van der Waals surface area contributed by atoms with Gasteiger partial charge in [0.1, 0.15) is 5.82 Å². The van der Waals surface area contributed by atoms with Crippen LogP contribution < -0.4 is 0 Å². The summed E-state index contributed by atoms with van der Waals surface area (Å²) in [6.45, 7) is 1.79. The van der Waals surface area contributed by atoms with Gasteiger partial charge in [-0.25, -0.2) is 4.39 Å². The Kier molecular flexibility index (Phi) is 4.29. The number of benzene rings is 1. The highest BCUT2D eigenvalue weighted by molar-refractivity contribution is 8.00. The van der Waals surface area contributed by atoms with E-state index in [1.54, 1.807) is 29.9 Å². The molecule has 0 fully saturated rings. The second-order valence-electron chi connectivity index (χ2n) is 4.97. The number of hydrogen-bond acceptors (Lipinski definition) is 5. The van der Waals surface area contributed by atoms with Crippen LogP contribution in [0.5, 0.6) is 0 Å². The van der Waals surface area contributed by atoms with Crippen LogP contribution in [0.4, 0.5) is 4.39 Å². The quantitative estimate of drug-likeness (QED) is 0.528. The summed E-state index contributed by atoms with van der Waals surface area (Å²) in [5.41, 5.74) is 0.472. The van der Waals surface area contributed by atoms with Gasteiger partial charge >= 0.3 is 0 Å². The maximum Gasteiger partial charge on any atom is 0.200 e. The van der Waals surface area contributed by atoms with Gasteiger partial charge in [0.2, 0.25) is 0 Å². The molecule has 0 N–H and O–H groups in total. The molecule has 5 nitrogen and oxygen atoms in total. The number of carbonyl (C=O) groups is 1. The normalized spacial score (nSPS) is 12.3. The molecule has 3 aromatic rings. The third kappa shape index (κ3) is 3.19. The summed E-state index contributed by atoms with van der Waals surface area (Å²) >= 11 is 1.30. The van der Waals surface area contributed by atoms with Gasteiger partial charge in [-0.2, -0.15) is 0 Å². The highest BCUT2D eigenvalue weighted by atomic mass is 32.2. The minimum absolute atomic E-state index is 0.0856. The third-order valence-corrected chi connectivity index (χ3v) is 4.49. The second kappa shape index (κ2) is 6.37. The van der Waals surface area contributed by atoms with Crippen LogP contribution in [0.2, 0.25) is 0 Å². The predicted octanol–water partition coefficient (Wildman–Crippen LogP) is 3.58. The van der Waals surface area contributed by atoms with Crippen LogP contribution in [0.1, 0.15) is 17.3 Å². The molecule has 2 heterocycles. The zero-order valence-corrected chi connectivity index (χ0v) is 13.4. The summed E-state index contributed by atoms with van der Waals surface area (Å²) in [7, 11) is 1.81. The first kappa shape index (κ1) is 15.5. The molecule has 1 aromatic carbocycles. The molecule has 1 atom stereocenters. The van der Waals surface area contributed by atoms with Crippen molar-refractivity contribution in [1.82, 2.24) is 14.8 Å². The SMILES string of the molecule is C[C@H](Sc1nnc(-c2ccco2)n1C)C(=O)c1ccc(F)cc1. The van der Waals surface area contributed by atoms with Gasteiger partial charge in [0.25, 0.3) is 0 Å². The first-order valence-corrected chi connectivity index (χ1v) is 7.84. The number of furan rings is 1. The fraction of sp³-hybridized carbons (Fsp3) is 0.188. The number of thioether (sulfide) groups is 1. The molecule has 0 aliphatic carbocycles. The summed E-state index contributed by atoms with van der Waals surface area (Å²) in [5.74, 6) is 0.763. The van der Waals surface area contributed by atoms with Crippen molar-refractivity contribution in [3.05, 3.63) is 54.0 Å². The van der Waals surface area contributed by atoms with Crippen LogP contribution in [0.3, 0.4) is 0 Å². The third-order valence-electron chi connectivity index (χ3n) is 3.36. The van der Waals surface area contributed by atoms with Gasteiger partial charge in [-0.3, -0.25) is 4.79 Å². The van der Waals surface area contributed by atoms with E-state index in [1.165, 1.54) is 36.0 Å². The number of Topliss-reactive ketones (excluding diaryl/α,β-unsaturated/α-hetero) is 1. The van der Waals surface area contributed by atoms with Crippen molar-refractivity contribution < 1.29 is 13.6 Å². The lowest BCUT2D eigenvalue weighted by Crippen LogP contribution is -2.14. The lowest BCUT2D eigenvalue weighted by Gasteiger charge is -2.09. The van der Waals surface area contributed by atoms with E-state index in [0.29, 0.717) is 22.3 Å². The van der Waals surface area contributed by atoms with Gasteiger partial charge in [-0.15, -0.1) is 10.2 Å². The number of carbonyl (C=O) groups excluding carboxylic acids is 1. The molecular formula is C16H14FN3O2S. The van der Waals surface area contributed by atoms with Crippen LogP contribution in [0, 0.1) is 5.82 Å². The van der Waals surface area contributed by atoms with Crippen molar-refractivity contribution in [3.63, 3.8) is 0 Å². The molecule has 3 rings (SSSR count). The highest BCUT2D eigenvalue weighted by Gasteiger charge is 2.21. The van der Waals surface area contributed by atoms with Crippen LogP contribution in [0.15, 0.2) is 52.2 Å². The molecule has 118 valence electrons. The monoisotopic (exact) mass is 331 g/mol. The molecule has 0 saturated heterocycles. The molecule has 23 heavy (non-hydrogen) atoms. The van der Waals surface area contributed by atoms with Crippen molar-refractivity contribution in [2.45, 2.75) is 17.3 Å². The molecule has 0 unspecified atom stereocenters. The molecule has 0 bridgehead atoms. The predicted molar refractivity (Wildman–Crippen MR) is 84.8 cm³/mol. The van der Waals surface area contributed by atoms with Crippen LogP contribution in [-0.2, 0) is 7.05 Å². The molecule has 0 radical (unpaired) electrons. The molecular weight excluding hydrogens is 317 g/mol. The zero-order chi connectivity index (χ0) is 16.4. The zero-order valence-electron chi connectivity index (χ0n) is 12.6. The standard InChI is InChI=1S/C16H14FN3O2S/c1-10(14(21)11-5-7-12(17)8-6-11)23-16-19-18-15(20(16)2)13-4-3-9-22-13/h3-10H,1-2H3/t10-/m0/s1. The molecule has 0 aliphatic rings. The van der Waals surface area contributed by atoms with Crippen molar-refractivity contribution in [3.8, 4) is 11.6 Å². The maximum atomic E-state index is 12.9. The number of aromatic nitrogens is 3. The summed E-state index contributed by atoms with van der Waals surface area (Å²) in [6, 6.07) is 9.10. The number of nitrogens with zero attached hydrogens (tertiary/aromatic N) is 3. The number of halogens is 1. The molecule has 0 spiro atoms. The van der Waals surface area contributed by atoms with Crippen LogP contribution in [-0.4, -0.2) is 25.8 Å². The smallest absolute Gasteiger partial charge is 0.200 e. The Hall–Kier alpha value is -2.41. The number of hydrogen-bond donors (Lipinski definition) is 0. The maximum absolute atomic E-state index is 12.9. The summed E-state index contributed by atoms with van der Waals surface area (Å²) in [6.07, 6.45) is 1.57. The van der Waals surface area contributed by atoms with Gasteiger partial charge in [0.05, 0.1) is 11.5 Å². The van der Waals surface area contributed by atoms with E-state index in [4.69, 9.17) is 4.42 Å². The van der Waals surface area contributed by atoms with Gasteiger partial charge in [0.15, 0.2) is 22.5 Å². The topological polar surface area (TPSA) is 60.9 Å². The van der Waals surface area contributed by atoms with E-state index >= 15 is 0 Å². The molecule has 0 aliphatic heterocycles. The minimum Gasteiger partial charge on any atom is -0.461 e. The van der Waals surface area contributed by atoms with E-state index in [0.717, 1.165) is 0 Å². The first-order chi connectivity index (χ1) is 11.1. The Morgan fingerprint density at radius 1 is 1.26 bits per heavy atom. The van der Waals surface area contributed by atoms with E-state index < -0.39 is 0 Å². The Morgan fingerprint density at radius 2 is 2.00 bits per heavy atom. The van der Waals surface area contributed by atoms with E-state index in [9.17, 15) is 9.18 Å². The lowest BCUT2D eigenvalue weighted by atomic mass is 10.1. The van der Waals surface area contributed by atoms with Gasteiger partial charge in [-0.1, -0.05) is 11.8 Å². The lowest BCUT2D eigenvalue weighted by molar-refractivity contribution is 0.0994. The van der Waals surface area contributed by atoms with Crippen molar-refractivity contribution >= 4 is 17.5 Å². The van der Waals surface area contributed by atoms with Gasteiger partial charge in [-0.05, 0) is 43.3 Å². The Labute approximate surface area is 136 Å². The van der Waals surface area contributed by atoms with Crippen LogP contribution in [0.25, 0.3) is 11.6 Å². The molecule has 2 aromatic heterocycles. The molecule has 0 saturated carbocycles. The number of ketones is 1. The Bertz CT molecular complexity index is 812. The first-order valence-electron chi connectivity index (χ1n) is 6.96. The number of rotatable bonds is 5. The summed E-state index contributed by atoms with van der Waals surface area (Å²) in [5, 5.41) is 8.44. The summed E-state index contributed by atoms with van der Waals surface area (Å²) < 4.78 is 20.0. The van der Waals surface area contributed by atoms with Crippen molar-refractivity contribution in [2.75, 3.05) is 0 Å². The minimum atomic E-state index is -0.368. The van der Waals surface area contributed by atoms with E-state index in [-0.39, 0.29) is 16.9 Å². The van der Waals surface area contributed by atoms with Crippen LogP contribution >= 0.6 is 11.8 Å². The highest BCUT2D eigenvalue weighted by Crippen LogP contribution is 2.27. The Morgan fingerprint density at radius 3 is 2.65 bits per heavy atom. The Balaban J connectivity index is 1.77. The van der Waals surface area contributed by atoms with Gasteiger partial charge in [0, 0.05) is 12.6 Å². The molecule has 7 heteroatoms. The van der Waals surface area contributed by atoms with Crippen molar-refractivity contribution in [1.29, 1.82) is 0 Å². The van der Waals surface area contributed by atoms with E-state index in [2.05, 4.69) is 10.2 Å². The largest absolute Gasteiger partial charge is 0.461 e. The average molecular weight is 331 g/mol. The average Bonchev–Trinajstić information content (AvgIpc) is 3.18. The summed E-state index contributed by atoms with van der Waals surface area (Å²) in [4.78, 5) is 12.4. The van der Waals surface area contributed by atoms with E-state index in [1.807, 2.05) is 7.05 Å². The molecule has 0 amide bonds. The fourth-order valence-corrected chi connectivity index (χ4v) is 2.99. The van der Waals surface area contributed by atoms with Crippen molar-refractivity contribution in [2.24, 2.45) is 7.05 Å². The second-order valence-corrected chi connectivity index (χ2v) is 6.28. The van der Waals surface area contributed by atoms with Gasteiger partial charge < -0.3 is 8.98 Å². The fourth-order valence-electron chi connectivity index (χ4n) is 2.10.